The third-order valence-electron chi connectivity index (χ3n) is 2.64. The Balaban J connectivity index is 2.59. The van der Waals surface area contributed by atoms with Crippen LogP contribution in [0.1, 0.15) is 31.4 Å². The summed E-state index contributed by atoms with van der Waals surface area (Å²) in [6, 6.07) is 6.60. The summed E-state index contributed by atoms with van der Waals surface area (Å²) in [5, 5.41) is 0. The molecule has 0 atom stereocenters. The van der Waals surface area contributed by atoms with Crippen LogP contribution in [0.2, 0.25) is 0 Å². The molecule has 0 saturated carbocycles. The first-order valence-electron chi connectivity index (χ1n) is 4.63. The minimum absolute atomic E-state index is 1.19. The number of aryl methyl sites for hydroxylation is 1. The maximum absolute atomic E-state index is 3.52. The first kappa shape index (κ1) is 9.01. The lowest BCUT2D eigenvalue weighted by atomic mass is 10.0. The molecule has 1 heteroatoms. The van der Waals surface area contributed by atoms with E-state index in [0.29, 0.717) is 0 Å². The number of allylic oxidation sites excluding steroid dienone is 2. The summed E-state index contributed by atoms with van der Waals surface area (Å²) < 4.78 is 1.19. The predicted molar refractivity (Wildman–Crippen MR) is 60.7 cm³/mol. The van der Waals surface area contributed by atoms with E-state index in [9.17, 15) is 0 Å². The molecule has 0 N–H and O–H groups in total. The lowest BCUT2D eigenvalue weighted by Gasteiger charge is -2.03. The highest BCUT2D eigenvalue weighted by Crippen LogP contribution is 2.35. The van der Waals surface area contributed by atoms with E-state index in [0.717, 1.165) is 0 Å². The van der Waals surface area contributed by atoms with Crippen LogP contribution >= 0.6 is 15.9 Å². The fourth-order valence-electron chi connectivity index (χ4n) is 1.96. The van der Waals surface area contributed by atoms with Gasteiger partial charge in [0.05, 0.1) is 0 Å². The molecule has 2 rings (SSSR count). The van der Waals surface area contributed by atoms with Crippen molar-refractivity contribution >= 4 is 21.5 Å². The summed E-state index contributed by atoms with van der Waals surface area (Å²) in [6.07, 6.45) is 2.43. The Morgan fingerprint density at radius 2 is 2.00 bits per heavy atom. The topological polar surface area (TPSA) is 0 Å². The number of fused-ring (bicyclic) bond motifs is 1. The number of rotatable bonds is 0. The molecule has 1 aliphatic rings. The van der Waals surface area contributed by atoms with Crippen LogP contribution in [-0.2, 0) is 6.42 Å². The Bertz CT molecular complexity index is 371. The monoisotopic (exact) mass is 236 g/mol. The van der Waals surface area contributed by atoms with E-state index in [2.05, 4.69) is 48.0 Å². The highest BCUT2D eigenvalue weighted by atomic mass is 79.9. The molecule has 0 aliphatic heterocycles. The van der Waals surface area contributed by atoms with Crippen molar-refractivity contribution in [2.75, 3.05) is 0 Å². The summed E-state index contributed by atoms with van der Waals surface area (Å²) in [4.78, 5) is 0. The third-order valence-corrected chi connectivity index (χ3v) is 3.14. The summed E-state index contributed by atoms with van der Waals surface area (Å²) in [5.74, 6) is 0. The molecule has 0 amide bonds. The van der Waals surface area contributed by atoms with Gasteiger partial charge in [0.15, 0.2) is 0 Å². The lowest BCUT2D eigenvalue weighted by Crippen LogP contribution is -1.82. The molecule has 13 heavy (non-hydrogen) atoms. The molecule has 68 valence electrons. The average molecular weight is 237 g/mol. The second-order valence-corrected chi connectivity index (χ2v) is 4.70. The van der Waals surface area contributed by atoms with Crippen LogP contribution in [-0.4, -0.2) is 0 Å². The molecule has 1 aromatic rings. The van der Waals surface area contributed by atoms with Gasteiger partial charge in [-0.25, -0.2) is 0 Å². The van der Waals surface area contributed by atoms with Gasteiger partial charge in [0, 0.05) is 4.47 Å². The molecule has 0 nitrogen and oxygen atoms in total. The van der Waals surface area contributed by atoms with Gasteiger partial charge in [-0.2, -0.15) is 0 Å². The molecule has 1 aliphatic carbocycles. The van der Waals surface area contributed by atoms with Gasteiger partial charge < -0.3 is 0 Å². The Morgan fingerprint density at radius 1 is 1.23 bits per heavy atom. The van der Waals surface area contributed by atoms with Crippen LogP contribution in [0.15, 0.2) is 28.2 Å². The largest absolute Gasteiger partial charge is 0.0726 e. The molecule has 0 radical (unpaired) electrons. The summed E-state index contributed by atoms with van der Waals surface area (Å²) in [7, 11) is 0. The zero-order chi connectivity index (χ0) is 9.42. The molecule has 0 unspecified atom stereocenters. The minimum Gasteiger partial charge on any atom is -0.0726 e. The molecule has 0 bridgehead atoms. The van der Waals surface area contributed by atoms with Crippen LogP contribution in [0.4, 0.5) is 0 Å². The second kappa shape index (κ2) is 3.30. The van der Waals surface area contributed by atoms with E-state index in [4.69, 9.17) is 0 Å². The first-order chi connectivity index (χ1) is 6.18. The Hall–Kier alpha value is -0.560. The van der Waals surface area contributed by atoms with E-state index in [1.54, 1.807) is 0 Å². The van der Waals surface area contributed by atoms with Crippen LogP contribution in [0.5, 0.6) is 0 Å². The zero-order valence-corrected chi connectivity index (χ0v) is 9.61. The molecule has 0 saturated heterocycles. The van der Waals surface area contributed by atoms with Crippen molar-refractivity contribution in [1.29, 1.82) is 0 Å². The number of halogens is 1. The Kier molecular flexibility index (Phi) is 2.29. The highest BCUT2D eigenvalue weighted by Gasteiger charge is 2.16. The smallest absolute Gasteiger partial charge is 0.0181 e. The van der Waals surface area contributed by atoms with Crippen LogP contribution in [0.25, 0.3) is 5.57 Å². The van der Waals surface area contributed by atoms with Crippen molar-refractivity contribution in [3.8, 4) is 0 Å². The fraction of sp³-hybridized carbons (Fsp3) is 0.333. The standard InChI is InChI=1S/C12H13Br/c1-8(2)11-6-4-9-3-5-10(13)7-12(9)11/h3,5,7H,4,6H2,1-2H3. The maximum atomic E-state index is 3.52. The van der Waals surface area contributed by atoms with Crippen molar-refractivity contribution < 1.29 is 0 Å². The van der Waals surface area contributed by atoms with E-state index >= 15 is 0 Å². The predicted octanol–water partition coefficient (Wildman–Crippen LogP) is 4.19. The Morgan fingerprint density at radius 3 is 2.69 bits per heavy atom. The second-order valence-electron chi connectivity index (χ2n) is 3.78. The third kappa shape index (κ3) is 1.58. The van der Waals surface area contributed by atoms with E-state index < -0.39 is 0 Å². The lowest BCUT2D eigenvalue weighted by molar-refractivity contribution is 1.07. The molecular weight excluding hydrogens is 224 g/mol. The van der Waals surface area contributed by atoms with Gasteiger partial charge in [0.1, 0.15) is 0 Å². The normalized spacial score (nSPS) is 14.5. The minimum atomic E-state index is 1.19. The van der Waals surface area contributed by atoms with Gasteiger partial charge in [0.2, 0.25) is 0 Å². The van der Waals surface area contributed by atoms with Crippen LogP contribution in [0.3, 0.4) is 0 Å². The van der Waals surface area contributed by atoms with Crippen molar-refractivity contribution in [1.82, 2.24) is 0 Å². The first-order valence-corrected chi connectivity index (χ1v) is 5.43. The molecule has 0 fully saturated rings. The van der Waals surface area contributed by atoms with E-state index in [1.807, 2.05) is 0 Å². The summed E-state index contributed by atoms with van der Waals surface area (Å²) in [5.41, 5.74) is 5.95. The molecule has 0 heterocycles. The highest BCUT2D eigenvalue weighted by molar-refractivity contribution is 9.10. The molecular formula is C12H13Br. The molecule has 0 aromatic heterocycles. The zero-order valence-electron chi connectivity index (χ0n) is 8.02. The van der Waals surface area contributed by atoms with Crippen LogP contribution in [0, 0.1) is 0 Å². The molecule has 1 aromatic carbocycles. The fourth-order valence-corrected chi connectivity index (χ4v) is 2.32. The summed E-state index contributed by atoms with van der Waals surface area (Å²) in [6.45, 7) is 4.40. The molecule has 0 spiro atoms. The number of hydrogen-bond acceptors (Lipinski definition) is 0. The van der Waals surface area contributed by atoms with Crippen molar-refractivity contribution in [3.05, 3.63) is 39.4 Å². The van der Waals surface area contributed by atoms with Crippen molar-refractivity contribution in [2.24, 2.45) is 0 Å². The average Bonchev–Trinajstić information content (AvgIpc) is 2.46. The van der Waals surface area contributed by atoms with Gasteiger partial charge in [-0.3, -0.25) is 0 Å². The van der Waals surface area contributed by atoms with Crippen molar-refractivity contribution in [3.63, 3.8) is 0 Å². The van der Waals surface area contributed by atoms with Gasteiger partial charge in [-0.05, 0) is 55.5 Å². The maximum Gasteiger partial charge on any atom is 0.0181 e. The summed E-state index contributed by atoms with van der Waals surface area (Å²) >= 11 is 3.52. The Labute approximate surface area is 87.8 Å². The van der Waals surface area contributed by atoms with Gasteiger partial charge in [0.25, 0.3) is 0 Å². The van der Waals surface area contributed by atoms with E-state index in [-0.39, 0.29) is 0 Å². The van der Waals surface area contributed by atoms with Crippen molar-refractivity contribution in [2.45, 2.75) is 26.7 Å². The van der Waals surface area contributed by atoms with E-state index in [1.165, 1.54) is 39.6 Å². The number of benzene rings is 1. The quantitative estimate of drug-likeness (QED) is 0.634. The van der Waals surface area contributed by atoms with Crippen LogP contribution < -0.4 is 0 Å². The number of hydrogen-bond donors (Lipinski definition) is 0. The van der Waals surface area contributed by atoms with Gasteiger partial charge in [-0.1, -0.05) is 27.6 Å². The SMILES string of the molecule is CC(C)=C1CCc2ccc(Br)cc21. The van der Waals surface area contributed by atoms with Gasteiger partial charge in [-0.15, -0.1) is 0 Å². The van der Waals surface area contributed by atoms with Gasteiger partial charge >= 0.3 is 0 Å².